The molecule has 2 heterocycles. The van der Waals surface area contributed by atoms with Crippen molar-refractivity contribution in [1.82, 2.24) is 14.8 Å². The highest BCUT2D eigenvalue weighted by Gasteiger charge is 2.59. The second-order valence-corrected chi connectivity index (χ2v) is 8.50. The van der Waals surface area contributed by atoms with Crippen molar-refractivity contribution >= 4 is 40.1 Å². The Morgan fingerprint density at radius 1 is 1.57 bits per heavy atom. The van der Waals surface area contributed by atoms with Crippen LogP contribution in [0.4, 0.5) is 14.5 Å². The lowest BCUT2D eigenvalue weighted by Crippen LogP contribution is -2.40. The van der Waals surface area contributed by atoms with Crippen LogP contribution >= 0.6 is 11.6 Å². The Morgan fingerprint density at radius 3 is 2.87 bits per heavy atom. The predicted octanol–water partition coefficient (Wildman–Crippen LogP) is 2.68. The van der Waals surface area contributed by atoms with E-state index in [2.05, 4.69) is 15.2 Å². The second kappa shape index (κ2) is 9.27. The van der Waals surface area contributed by atoms with Gasteiger partial charge in [0.05, 0.1) is 24.0 Å². The third-order valence-electron chi connectivity index (χ3n) is 4.50. The first-order chi connectivity index (χ1) is 14.3. The first-order valence-electron chi connectivity index (χ1n) is 9.07. The SMILES string of the molecule is CCN(C(=O)C(C[S+]([O-])CC1CC1(F)F)=NOC)c1cn(-c2cccnc2)nc1Cl. The summed E-state index contributed by atoms with van der Waals surface area (Å²) in [5, 5.41) is 7.95. The summed E-state index contributed by atoms with van der Waals surface area (Å²) in [4.78, 5) is 23.1. The molecule has 1 fully saturated rings. The van der Waals surface area contributed by atoms with Crippen LogP contribution in [-0.2, 0) is 20.8 Å². The zero-order valence-electron chi connectivity index (χ0n) is 16.3. The molecule has 162 valence electrons. The van der Waals surface area contributed by atoms with E-state index in [1.54, 1.807) is 37.6 Å². The molecule has 30 heavy (non-hydrogen) atoms. The zero-order valence-corrected chi connectivity index (χ0v) is 17.9. The maximum absolute atomic E-state index is 13.1. The van der Waals surface area contributed by atoms with Gasteiger partial charge in [-0.2, -0.15) is 5.10 Å². The van der Waals surface area contributed by atoms with Gasteiger partial charge in [-0.3, -0.25) is 9.78 Å². The quantitative estimate of drug-likeness (QED) is 0.326. The second-order valence-electron chi connectivity index (χ2n) is 6.64. The summed E-state index contributed by atoms with van der Waals surface area (Å²) in [7, 11) is 1.24. The van der Waals surface area contributed by atoms with E-state index < -0.39 is 28.9 Å². The summed E-state index contributed by atoms with van der Waals surface area (Å²) in [5.74, 6) is -4.80. The number of aromatic nitrogens is 3. The minimum Gasteiger partial charge on any atom is -0.616 e. The van der Waals surface area contributed by atoms with Crippen LogP contribution in [0, 0.1) is 5.92 Å². The Kier molecular flexibility index (Phi) is 6.94. The number of alkyl halides is 2. The van der Waals surface area contributed by atoms with Crippen LogP contribution in [0.15, 0.2) is 35.9 Å². The van der Waals surface area contributed by atoms with Crippen molar-refractivity contribution in [3.05, 3.63) is 35.9 Å². The molecule has 0 N–H and O–H groups in total. The third-order valence-corrected chi connectivity index (χ3v) is 6.14. The topological polar surface area (TPSA) is 95.7 Å². The number of carbonyl (C=O) groups is 1. The maximum atomic E-state index is 13.1. The van der Waals surface area contributed by atoms with E-state index in [1.807, 2.05) is 0 Å². The van der Waals surface area contributed by atoms with Gasteiger partial charge in [0.1, 0.15) is 18.6 Å². The summed E-state index contributed by atoms with van der Waals surface area (Å²) in [6.45, 7) is 1.94. The molecule has 1 aliphatic rings. The molecular weight excluding hydrogens is 440 g/mol. The lowest BCUT2D eigenvalue weighted by atomic mass is 10.3. The number of amides is 1. The molecule has 8 nitrogen and oxygen atoms in total. The molecule has 0 spiro atoms. The van der Waals surface area contributed by atoms with Gasteiger partial charge in [-0.05, 0) is 30.2 Å². The average molecular weight is 460 g/mol. The molecule has 0 bridgehead atoms. The summed E-state index contributed by atoms with van der Waals surface area (Å²) in [5.41, 5.74) is 0.814. The largest absolute Gasteiger partial charge is 0.616 e. The Morgan fingerprint density at radius 2 is 2.30 bits per heavy atom. The van der Waals surface area contributed by atoms with E-state index in [-0.39, 0.29) is 35.3 Å². The lowest BCUT2D eigenvalue weighted by Gasteiger charge is -2.20. The summed E-state index contributed by atoms with van der Waals surface area (Å²) in [6, 6.07) is 3.50. The Hall–Kier alpha value is -2.24. The number of anilines is 1. The Bertz CT molecular complexity index is 928. The monoisotopic (exact) mass is 459 g/mol. The summed E-state index contributed by atoms with van der Waals surface area (Å²) < 4.78 is 40.0. The molecule has 0 radical (unpaired) electrons. The molecule has 2 unspecified atom stereocenters. The standard InChI is InChI=1S/C18H20ClF2N5O3S/c1-3-25(15-9-26(23-16(15)19)13-5-4-6-22-8-13)17(27)14(24-29-2)11-30(28)10-12-7-18(12,20)21/h4-6,8-9,12H,3,7,10-11H2,1-2H3. The van der Waals surface area contributed by atoms with Crippen LogP contribution < -0.4 is 4.90 Å². The lowest BCUT2D eigenvalue weighted by molar-refractivity contribution is -0.112. The van der Waals surface area contributed by atoms with Crippen LogP contribution in [0.5, 0.6) is 0 Å². The van der Waals surface area contributed by atoms with E-state index in [4.69, 9.17) is 16.4 Å². The van der Waals surface area contributed by atoms with Crippen LogP contribution in [0.1, 0.15) is 13.3 Å². The number of halogens is 3. The van der Waals surface area contributed by atoms with Crippen molar-refractivity contribution in [1.29, 1.82) is 0 Å². The third kappa shape index (κ3) is 5.08. The van der Waals surface area contributed by atoms with Gasteiger partial charge in [0.2, 0.25) is 0 Å². The molecule has 0 aromatic carbocycles. The first-order valence-corrected chi connectivity index (χ1v) is 10.9. The van der Waals surface area contributed by atoms with Crippen molar-refractivity contribution in [3.63, 3.8) is 0 Å². The molecule has 2 aromatic rings. The normalized spacial score (nSPS) is 18.7. The van der Waals surface area contributed by atoms with Crippen LogP contribution in [-0.4, -0.2) is 62.0 Å². The summed E-state index contributed by atoms with van der Waals surface area (Å²) in [6.07, 6.45) is 4.48. The smallest absolute Gasteiger partial charge is 0.281 e. The number of carbonyl (C=O) groups excluding carboxylic acids is 1. The number of oxime groups is 1. The van der Waals surface area contributed by atoms with E-state index >= 15 is 0 Å². The molecule has 1 aliphatic carbocycles. The van der Waals surface area contributed by atoms with E-state index in [1.165, 1.54) is 16.7 Å². The Labute approximate surface area is 180 Å². The summed E-state index contributed by atoms with van der Waals surface area (Å²) >= 11 is 4.56. The number of pyridine rings is 1. The van der Waals surface area contributed by atoms with Gasteiger partial charge in [-0.1, -0.05) is 16.8 Å². The molecule has 12 heteroatoms. The van der Waals surface area contributed by atoms with Crippen molar-refractivity contribution in [2.24, 2.45) is 11.1 Å². The highest BCUT2D eigenvalue weighted by Crippen LogP contribution is 2.49. The van der Waals surface area contributed by atoms with Gasteiger partial charge in [0, 0.05) is 19.2 Å². The van der Waals surface area contributed by atoms with E-state index in [0.29, 0.717) is 11.4 Å². The fraction of sp³-hybridized carbons (Fsp3) is 0.444. The number of nitrogens with zero attached hydrogens (tertiary/aromatic N) is 5. The maximum Gasteiger partial charge on any atom is 0.281 e. The molecule has 1 amide bonds. The molecule has 0 aliphatic heterocycles. The van der Waals surface area contributed by atoms with Crippen LogP contribution in [0.2, 0.25) is 5.15 Å². The number of rotatable bonds is 9. The van der Waals surface area contributed by atoms with Gasteiger partial charge < -0.3 is 14.3 Å². The Balaban J connectivity index is 1.78. The molecule has 1 saturated carbocycles. The van der Waals surface area contributed by atoms with Crippen molar-refractivity contribution in [2.45, 2.75) is 19.3 Å². The van der Waals surface area contributed by atoms with Gasteiger partial charge in [0.15, 0.2) is 16.6 Å². The predicted molar refractivity (Wildman–Crippen MR) is 110 cm³/mol. The minimum absolute atomic E-state index is 0.0737. The molecule has 2 aromatic heterocycles. The fourth-order valence-electron chi connectivity index (χ4n) is 2.85. The molecular formula is C18H20ClF2N5O3S. The first kappa shape index (κ1) is 22.4. The van der Waals surface area contributed by atoms with Gasteiger partial charge in [-0.25, -0.2) is 13.5 Å². The number of hydrogen-bond acceptors (Lipinski definition) is 6. The molecule has 0 saturated heterocycles. The van der Waals surface area contributed by atoms with Crippen LogP contribution in [0.3, 0.4) is 0 Å². The van der Waals surface area contributed by atoms with Gasteiger partial charge in [0.25, 0.3) is 11.8 Å². The molecule has 2 atom stereocenters. The van der Waals surface area contributed by atoms with E-state index in [0.717, 1.165) is 0 Å². The zero-order chi connectivity index (χ0) is 21.9. The molecule has 3 rings (SSSR count). The highest BCUT2D eigenvalue weighted by atomic mass is 35.5. The van der Waals surface area contributed by atoms with Crippen molar-refractivity contribution < 1.29 is 23.0 Å². The van der Waals surface area contributed by atoms with Gasteiger partial charge in [-0.15, -0.1) is 0 Å². The number of hydrogen-bond donors (Lipinski definition) is 0. The van der Waals surface area contributed by atoms with Crippen molar-refractivity contribution in [3.8, 4) is 5.69 Å². The minimum atomic E-state index is -2.78. The van der Waals surface area contributed by atoms with Crippen LogP contribution in [0.25, 0.3) is 5.69 Å². The van der Waals surface area contributed by atoms with E-state index in [9.17, 15) is 18.1 Å². The van der Waals surface area contributed by atoms with Gasteiger partial charge >= 0.3 is 0 Å². The fourth-order valence-corrected chi connectivity index (χ4v) is 4.49. The highest BCUT2D eigenvalue weighted by molar-refractivity contribution is 7.92. The average Bonchev–Trinajstić information content (AvgIpc) is 3.12. The van der Waals surface area contributed by atoms with Crippen molar-refractivity contribution in [2.75, 3.05) is 30.1 Å².